The van der Waals surface area contributed by atoms with Crippen LogP contribution in [-0.2, 0) is 0 Å². The molecule has 0 aliphatic heterocycles. The smallest absolute Gasteiger partial charge is 0.0362 e. The van der Waals surface area contributed by atoms with Crippen molar-refractivity contribution in [3.05, 3.63) is 150 Å². The molecule has 44 heavy (non-hydrogen) atoms. The summed E-state index contributed by atoms with van der Waals surface area (Å²) in [7, 11) is 0. The third-order valence-corrected chi connectivity index (χ3v) is 11.9. The fourth-order valence-corrected chi connectivity index (χ4v) is 9.51. The zero-order valence-corrected chi connectivity index (χ0v) is 26.1. The van der Waals surface area contributed by atoms with Crippen molar-refractivity contribution < 1.29 is 0 Å². The molecule has 2 heteroatoms. The highest BCUT2D eigenvalue weighted by molar-refractivity contribution is 7.28. The van der Waals surface area contributed by atoms with Gasteiger partial charge >= 0.3 is 0 Å². The monoisotopic (exact) mass is 600 g/mol. The van der Waals surface area contributed by atoms with Gasteiger partial charge in [0.2, 0.25) is 0 Å². The van der Waals surface area contributed by atoms with Gasteiger partial charge in [0.15, 0.2) is 0 Å². The van der Waals surface area contributed by atoms with Crippen LogP contribution >= 0.6 is 22.7 Å². The van der Waals surface area contributed by atoms with E-state index in [9.17, 15) is 0 Å². The van der Waals surface area contributed by atoms with Crippen molar-refractivity contribution in [2.75, 3.05) is 0 Å². The quantitative estimate of drug-likeness (QED) is 0.189. The Bertz CT molecular complexity index is 2290. The molecule has 2 aromatic heterocycles. The van der Waals surface area contributed by atoms with Gasteiger partial charge in [0, 0.05) is 52.2 Å². The van der Waals surface area contributed by atoms with Crippen LogP contribution in [0.1, 0.15) is 42.7 Å². The summed E-state index contributed by atoms with van der Waals surface area (Å²) in [6.07, 6.45) is 27.5. The molecule has 0 spiro atoms. The molecule has 0 saturated carbocycles. The van der Waals surface area contributed by atoms with E-state index in [1.165, 1.54) is 80.2 Å². The minimum absolute atomic E-state index is 0.456. The van der Waals surface area contributed by atoms with Crippen LogP contribution in [0.3, 0.4) is 0 Å². The second-order valence-corrected chi connectivity index (χ2v) is 14.5. The molecule has 0 amide bonds. The van der Waals surface area contributed by atoms with Gasteiger partial charge in [0.1, 0.15) is 0 Å². The van der Waals surface area contributed by atoms with Gasteiger partial charge in [0.05, 0.1) is 0 Å². The number of benzene rings is 4. The van der Waals surface area contributed by atoms with Crippen molar-refractivity contribution in [3.63, 3.8) is 0 Å². The summed E-state index contributed by atoms with van der Waals surface area (Å²) in [5, 5.41) is 5.60. The Morgan fingerprint density at radius 2 is 1.32 bits per heavy atom. The maximum absolute atomic E-state index is 2.48. The zero-order chi connectivity index (χ0) is 29.0. The van der Waals surface area contributed by atoms with E-state index >= 15 is 0 Å². The molecule has 0 radical (unpaired) electrons. The van der Waals surface area contributed by atoms with E-state index in [1.807, 2.05) is 22.7 Å². The zero-order valence-electron chi connectivity index (χ0n) is 24.5. The first-order valence-corrected chi connectivity index (χ1v) is 17.4. The van der Waals surface area contributed by atoms with Crippen molar-refractivity contribution in [1.29, 1.82) is 0 Å². The van der Waals surface area contributed by atoms with E-state index in [0.29, 0.717) is 11.8 Å². The second kappa shape index (κ2) is 10.7. The molecule has 0 fully saturated rings. The van der Waals surface area contributed by atoms with E-state index in [0.717, 1.165) is 19.3 Å². The number of hydrogen-bond acceptors (Lipinski definition) is 2. The molecule has 0 bridgehead atoms. The van der Waals surface area contributed by atoms with Crippen LogP contribution < -0.4 is 0 Å². The summed E-state index contributed by atoms with van der Waals surface area (Å²) in [6.45, 7) is 0. The van der Waals surface area contributed by atoms with Crippen molar-refractivity contribution in [2.45, 2.75) is 31.6 Å². The van der Waals surface area contributed by atoms with Crippen molar-refractivity contribution in [3.8, 4) is 11.1 Å². The first-order valence-electron chi connectivity index (χ1n) is 15.8. The summed E-state index contributed by atoms with van der Waals surface area (Å²) >= 11 is 3.85. The van der Waals surface area contributed by atoms with Crippen LogP contribution in [0.15, 0.2) is 139 Å². The summed E-state index contributed by atoms with van der Waals surface area (Å²) in [6, 6.07) is 28.1. The third kappa shape index (κ3) is 4.48. The predicted octanol–water partition coefficient (Wildman–Crippen LogP) is 12.9. The van der Waals surface area contributed by atoms with Gasteiger partial charge in [-0.25, -0.2) is 0 Å². The molecule has 3 aliphatic carbocycles. The van der Waals surface area contributed by atoms with Gasteiger partial charge in [-0.1, -0.05) is 97.2 Å². The first kappa shape index (κ1) is 26.2. The van der Waals surface area contributed by atoms with Gasteiger partial charge < -0.3 is 0 Å². The number of rotatable bonds is 4. The second-order valence-electron chi connectivity index (χ2n) is 12.3. The lowest BCUT2D eigenvalue weighted by Gasteiger charge is -2.21. The van der Waals surface area contributed by atoms with E-state index in [2.05, 4.69) is 134 Å². The Balaban J connectivity index is 1.16. The summed E-state index contributed by atoms with van der Waals surface area (Å²) in [4.78, 5) is 0. The van der Waals surface area contributed by atoms with Crippen molar-refractivity contribution >= 4 is 68.6 Å². The molecule has 6 aromatic rings. The lowest BCUT2D eigenvalue weighted by molar-refractivity contribution is 0.782. The van der Waals surface area contributed by atoms with Gasteiger partial charge in [0.25, 0.3) is 0 Å². The van der Waals surface area contributed by atoms with E-state index in [-0.39, 0.29) is 0 Å². The average Bonchev–Trinajstić information content (AvgIpc) is 3.66. The van der Waals surface area contributed by atoms with Crippen molar-refractivity contribution in [1.82, 2.24) is 0 Å². The lowest BCUT2D eigenvalue weighted by Crippen LogP contribution is -2.05. The molecule has 2 unspecified atom stereocenters. The highest BCUT2D eigenvalue weighted by Crippen LogP contribution is 2.46. The van der Waals surface area contributed by atoms with Crippen LogP contribution in [0.25, 0.3) is 57.0 Å². The Labute approximate surface area is 266 Å². The Hall–Kier alpha value is -4.24. The third-order valence-electron chi connectivity index (χ3n) is 9.60. The summed E-state index contributed by atoms with van der Waals surface area (Å²) in [5.74, 6) is 0.925. The molecular weight excluding hydrogens is 569 g/mol. The predicted molar refractivity (Wildman–Crippen MR) is 195 cm³/mol. The number of fused-ring (bicyclic) bond motifs is 7. The van der Waals surface area contributed by atoms with Crippen LogP contribution in [0, 0.1) is 5.92 Å². The van der Waals surface area contributed by atoms with Gasteiger partial charge in [-0.05, 0) is 95.5 Å². The summed E-state index contributed by atoms with van der Waals surface area (Å²) in [5.41, 5.74) is 8.25. The van der Waals surface area contributed by atoms with Crippen LogP contribution in [0.4, 0.5) is 0 Å². The normalized spacial score (nSPS) is 19.8. The minimum atomic E-state index is 0.456. The number of allylic oxidation sites excluding steroid dienone is 12. The number of thiophene rings is 2. The van der Waals surface area contributed by atoms with Gasteiger partial charge in [-0.15, -0.1) is 22.7 Å². The molecule has 9 rings (SSSR count). The van der Waals surface area contributed by atoms with E-state index < -0.39 is 0 Å². The van der Waals surface area contributed by atoms with Crippen LogP contribution in [0.2, 0.25) is 0 Å². The first-order chi connectivity index (χ1) is 21.8. The molecule has 0 nitrogen and oxygen atoms in total. The molecule has 3 aliphatic rings. The fraction of sp³-hybridized carbons (Fsp3) is 0.143. The molecule has 0 N–H and O–H groups in total. The Kier molecular flexibility index (Phi) is 6.39. The largest absolute Gasteiger partial charge is 0.135 e. The summed E-state index contributed by atoms with van der Waals surface area (Å²) < 4.78 is 5.48. The molecule has 0 saturated heterocycles. The minimum Gasteiger partial charge on any atom is -0.135 e. The standard InChI is InChI=1S/C42H32S2/c1-3-9-27(10-4-1)29-13-7-15-31(23-29)33-17-19-37-35(25-33)41-39(43-37)21-22-40-42(41)36-26-34(18-20-38(36)44-40)32-16-8-14-30(24-32)28-11-5-2-6-12-28/h1,3-5,7-9,11-23,25-27,30H,2,6,10,24H2. The van der Waals surface area contributed by atoms with Crippen LogP contribution in [0.5, 0.6) is 0 Å². The number of hydrogen-bond donors (Lipinski definition) is 0. The SMILES string of the molecule is C1=CCC(c2cccc(-c3ccc4sc5ccc6sc7ccc(C8=CC=CC(C9=CCCC=C9)C8)cc7c6c5c4c3)c2)C=C1. The molecule has 2 atom stereocenters. The maximum Gasteiger partial charge on any atom is 0.0362 e. The molecule has 212 valence electrons. The fourth-order valence-electron chi connectivity index (χ4n) is 7.32. The lowest BCUT2D eigenvalue weighted by atomic mass is 9.83. The van der Waals surface area contributed by atoms with Crippen LogP contribution in [-0.4, -0.2) is 0 Å². The Morgan fingerprint density at radius 3 is 2.07 bits per heavy atom. The molecule has 2 heterocycles. The van der Waals surface area contributed by atoms with E-state index in [4.69, 9.17) is 0 Å². The highest BCUT2D eigenvalue weighted by Gasteiger charge is 2.19. The van der Waals surface area contributed by atoms with Gasteiger partial charge in [-0.2, -0.15) is 0 Å². The van der Waals surface area contributed by atoms with Crippen molar-refractivity contribution in [2.24, 2.45) is 5.92 Å². The average molecular weight is 601 g/mol. The van der Waals surface area contributed by atoms with Gasteiger partial charge in [-0.3, -0.25) is 0 Å². The molecular formula is C42H32S2. The van der Waals surface area contributed by atoms with E-state index in [1.54, 1.807) is 0 Å². The topological polar surface area (TPSA) is 0 Å². The Morgan fingerprint density at radius 1 is 0.591 bits per heavy atom. The maximum atomic E-state index is 2.48. The molecule has 4 aromatic carbocycles. The highest BCUT2D eigenvalue weighted by atomic mass is 32.1.